The zero-order chi connectivity index (χ0) is 15.0. The molecule has 6 heteroatoms. The molecule has 0 atom stereocenters. The van der Waals surface area contributed by atoms with E-state index in [1.807, 2.05) is 0 Å². The fourth-order valence-corrected chi connectivity index (χ4v) is 2.05. The normalized spacial score (nSPS) is 10.7. The second kappa shape index (κ2) is 4.75. The third-order valence-electron chi connectivity index (χ3n) is 3.13. The van der Waals surface area contributed by atoms with E-state index < -0.39 is 11.9 Å². The minimum Gasteiger partial charge on any atom is -0.478 e. The zero-order valence-electron chi connectivity index (χ0n) is 10.7. The molecule has 104 valence electrons. The van der Waals surface area contributed by atoms with Crippen molar-refractivity contribution in [1.29, 1.82) is 0 Å². The maximum Gasteiger partial charge on any atom is 0.335 e. The van der Waals surface area contributed by atoms with E-state index in [0.29, 0.717) is 16.9 Å². The molecule has 0 aliphatic carbocycles. The van der Waals surface area contributed by atoms with Crippen LogP contribution in [0.3, 0.4) is 0 Å². The molecule has 0 fully saturated rings. The Morgan fingerprint density at radius 1 is 0.905 bits per heavy atom. The minimum atomic E-state index is -1.00. The fraction of sp³-hybridized carbons (Fsp3) is 0. The first-order valence-corrected chi connectivity index (χ1v) is 6.11. The van der Waals surface area contributed by atoms with Crippen molar-refractivity contribution < 1.29 is 19.8 Å². The lowest BCUT2D eigenvalue weighted by Gasteiger charge is -1.97. The van der Waals surface area contributed by atoms with Crippen LogP contribution in [0.5, 0.6) is 0 Å². The number of carboxylic acid groups (broad SMARTS) is 2. The molecule has 0 radical (unpaired) electrons. The molecule has 0 amide bonds. The van der Waals surface area contributed by atoms with Crippen molar-refractivity contribution in [2.45, 2.75) is 0 Å². The number of hydrogen-bond acceptors (Lipinski definition) is 3. The van der Waals surface area contributed by atoms with Gasteiger partial charge in [0.1, 0.15) is 5.82 Å². The van der Waals surface area contributed by atoms with Gasteiger partial charge in [-0.05, 0) is 30.3 Å². The molecule has 3 rings (SSSR count). The van der Waals surface area contributed by atoms with Crippen LogP contribution in [0.15, 0.2) is 42.5 Å². The molecule has 3 N–H and O–H groups in total. The highest BCUT2D eigenvalue weighted by atomic mass is 16.4. The van der Waals surface area contributed by atoms with Gasteiger partial charge in [-0.15, -0.1) is 0 Å². The van der Waals surface area contributed by atoms with Gasteiger partial charge in [-0.25, -0.2) is 14.6 Å². The molecule has 0 saturated heterocycles. The van der Waals surface area contributed by atoms with Crippen LogP contribution in [-0.4, -0.2) is 32.1 Å². The van der Waals surface area contributed by atoms with Crippen molar-refractivity contribution in [2.75, 3.05) is 0 Å². The van der Waals surface area contributed by atoms with Crippen molar-refractivity contribution in [3.8, 4) is 11.4 Å². The first-order chi connectivity index (χ1) is 10.0. The Bertz CT molecular complexity index is 850. The molecule has 0 bridgehead atoms. The van der Waals surface area contributed by atoms with Gasteiger partial charge in [-0.2, -0.15) is 0 Å². The Morgan fingerprint density at radius 2 is 1.52 bits per heavy atom. The second-order valence-corrected chi connectivity index (χ2v) is 4.50. The van der Waals surface area contributed by atoms with E-state index in [1.165, 1.54) is 24.3 Å². The van der Waals surface area contributed by atoms with Crippen LogP contribution in [0.4, 0.5) is 0 Å². The van der Waals surface area contributed by atoms with Crippen LogP contribution >= 0.6 is 0 Å². The van der Waals surface area contributed by atoms with Crippen LogP contribution < -0.4 is 0 Å². The van der Waals surface area contributed by atoms with Crippen LogP contribution in [0.2, 0.25) is 0 Å². The van der Waals surface area contributed by atoms with E-state index >= 15 is 0 Å². The van der Waals surface area contributed by atoms with Gasteiger partial charge in [-0.1, -0.05) is 12.1 Å². The van der Waals surface area contributed by atoms with E-state index in [-0.39, 0.29) is 11.1 Å². The molecule has 0 saturated carbocycles. The van der Waals surface area contributed by atoms with Gasteiger partial charge in [0.15, 0.2) is 0 Å². The number of benzene rings is 2. The van der Waals surface area contributed by atoms with Crippen LogP contribution in [-0.2, 0) is 0 Å². The van der Waals surface area contributed by atoms with Gasteiger partial charge in [0.25, 0.3) is 0 Å². The quantitative estimate of drug-likeness (QED) is 0.685. The Labute approximate surface area is 118 Å². The van der Waals surface area contributed by atoms with E-state index in [1.54, 1.807) is 18.2 Å². The summed E-state index contributed by atoms with van der Waals surface area (Å²) in [7, 11) is 0. The Kier molecular flexibility index (Phi) is 2.91. The Hall–Kier alpha value is -3.15. The molecule has 0 aliphatic heterocycles. The zero-order valence-corrected chi connectivity index (χ0v) is 10.7. The van der Waals surface area contributed by atoms with Gasteiger partial charge in [0.2, 0.25) is 0 Å². The maximum absolute atomic E-state index is 10.9. The van der Waals surface area contributed by atoms with E-state index in [0.717, 1.165) is 5.56 Å². The summed E-state index contributed by atoms with van der Waals surface area (Å²) in [4.78, 5) is 29.1. The molecular formula is C15H10N2O4. The summed E-state index contributed by atoms with van der Waals surface area (Å²) in [6, 6.07) is 10.9. The van der Waals surface area contributed by atoms with Gasteiger partial charge >= 0.3 is 11.9 Å². The van der Waals surface area contributed by atoms with Gasteiger partial charge in [0, 0.05) is 5.56 Å². The standard InChI is InChI=1S/C15H10N2O4/c18-14(19)9-3-1-8(2-4-9)13-16-11-6-5-10(15(20)21)7-12(11)17-13/h1-7H,(H,16,17)(H,18,19)(H,20,21). The average molecular weight is 282 g/mol. The number of rotatable bonds is 3. The molecule has 1 aromatic heterocycles. The predicted molar refractivity (Wildman–Crippen MR) is 75.4 cm³/mol. The first kappa shape index (κ1) is 12.9. The lowest BCUT2D eigenvalue weighted by atomic mass is 10.1. The summed E-state index contributed by atoms with van der Waals surface area (Å²) in [5, 5.41) is 17.8. The number of carbonyl (C=O) groups is 2. The largest absolute Gasteiger partial charge is 0.478 e. The molecule has 3 aromatic rings. The van der Waals surface area contributed by atoms with Crippen molar-refractivity contribution in [1.82, 2.24) is 9.97 Å². The lowest BCUT2D eigenvalue weighted by Crippen LogP contribution is -1.95. The number of aromatic amines is 1. The van der Waals surface area contributed by atoms with Crippen molar-refractivity contribution in [3.63, 3.8) is 0 Å². The molecule has 1 heterocycles. The first-order valence-electron chi connectivity index (χ1n) is 6.11. The number of carboxylic acids is 2. The van der Waals surface area contributed by atoms with Gasteiger partial charge in [-0.3, -0.25) is 0 Å². The SMILES string of the molecule is O=C(O)c1ccc(-c2nc3ccc(C(=O)O)cc3[nH]2)cc1. The van der Waals surface area contributed by atoms with Gasteiger partial charge < -0.3 is 15.2 Å². The topological polar surface area (TPSA) is 103 Å². The summed E-state index contributed by atoms with van der Waals surface area (Å²) in [5.41, 5.74) is 2.37. The third kappa shape index (κ3) is 2.34. The number of nitrogens with zero attached hydrogens (tertiary/aromatic N) is 1. The van der Waals surface area contributed by atoms with Crippen LogP contribution in [0.1, 0.15) is 20.7 Å². The summed E-state index contributed by atoms with van der Waals surface area (Å²) in [5.74, 6) is -1.43. The number of nitrogens with one attached hydrogen (secondary N) is 1. The Morgan fingerprint density at radius 3 is 2.14 bits per heavy atom. The Balaban J connectivity index is 2.04. The number of hydrogen-bond donors (Lipinski definition) is 3. The molecule has 0 unspecified atom stereocenters. The number of fused-ring (bicyclic) bond motifs is 1. The second-order valence-electron chi connectivity index (χ2n) is 4.50. The van der Waals surface area contributed by atoms with E-state index in [4.69, 9.17) is 10.2 Å². The number of aromatic carboxylic acids is 2. The molecule has 0 aliphatic rings. The maximum atomic E-state index is 10.9. The molecule has 6 nitrogen and oxygen atoms in total. The van der Waals surface area contributed by atoms with E-state index in [2.05, 4.69) is 9.97 Å². The smallest absolute Gasteiger partial charge is 0.335 e. The van der Waals surface area contributed by atoms with Crippen LogP contribution in [0, 0.1) is 0 Å². The molecular weight excluding hydrogens is 272 g/mol. The van der Waals surface area contributed by atoms with Crippen LogP contribution in [0.25, 0.3) is 22.4 Å². The average Bonchev–Trinajstić information content (AvgIpc) is 2.90. The highest BCUT2D eigenvalue weighted by Crippen LogP contribution is 2.21. The highest BCUT2D eigenvalue weighted by Gasteiger charge is 2.09. The molecule has 21 heavy (non-hydrogen) atoms. The van der Waals surface area contributed by atoms with Gasteiger partial charge in [0.05, 0.1) is 22.2 Å². The summed E-state index contributed by atoms with van der Waals surface area (Å²) in [6.45, 7) is 0. The number of imidazole rings is 1. The molecule has 0 spiro atoms. The number of H-pyrrole nitrogens is 1. The van der Waals surface area contributed by atoms with Crippen molar-refractivity contribution in [2.24, 2.45) is 0 Å². The fourth-order valence-electron chi connectivity index (χ4n) is 2.05. The summed E-state index contributed by atoms with van der Waals surface area (Å²) >= 11 is 0. The van der Waals surface area contributed by atoms with Crippen molar-refractivity contribution >= 4 is 23.0 Å². The summed E-state index contributed by atoms with van der Waals surface area (Å²) in [6.07, 6.45) is 0. The summed E-state index contributed by atoms with van der Waals surface area (Å²) < 4.78 is 0. The highest BCUT2D eigenvalue weighted by molar-refractivity contribution is 5.93. The minimum absolute atomic E-state index is 0.180. The monoisotopic (exact) mass is 282 g/mol. The lowest BCUT2D eigenvalue weighted by molar-refractivity contribution is 0.0686. The molecule has 2 aromatic carbocycles. The van der Waals surface area contributed by atoms with E-state index in [9.17, 15) is 9.59 Å². The van der Waals surface area contributed by atoms with Crippen molar-refractivity contribution in [3.05, 3.63) is 53.6 Å². The predicted octanol–water partition coefficient (Wildman–Crippen LogP) is 2.63. The number of aromatic nitrogens is 2. The third-order valence-corrected chi connectivity index (χ3v) is 3.13.